The van der Waals surface area contributed by atoms with Gasteiger partial charge in [0.2, 0.25) is 0 Å². The first-order chi connectivity index (χ1) is 12.3. The molecule has 2 heterocycles. The number of nitrogens with one attached hydrogen (secondary N) is 2. The van der Waals surface area contributed by atoms with Gasteiger partial charge in [0.1, 0.15) is 11.6 Å². The molecule has 1 atom stereocenters. The minimum absolute atomic E-state index is 0.175. The average Bonchev–Trinajstić information content (AvgIpc) is 2.97. The van der Waals surface area contributed by atoms with Crippen LogP contribution in [0.3, 0.4) is 0 Å². The first-order valence-electron chi connectivity index (χ1n) is 8.21. The zero-order valence-corrected chi connectivity index (χ0v) is 14.6. The Kier molecular flexibility index (Phi) is 4.83. The molecule has 0 radical (unpaired) electrons. The minimum Gasteiger partial charge on any atom is -0.331 e. The lowest BCUT2D eigenvalue weighted by Gasteiger charge is -2.16. The Hall–Kier alpha value is -3.03. The van der Waals surface area contributed by atoms with Gasteiger partial charge in [0, 0.05) is 23.1 Å². The second kappa shape index (κ2) is 7.07. The normalized spacial score (nSPS) is 12.4. The van der Waals surface area contributed by atoms with Crippen molar-refractivity contribution in [3.8, 4) is 0 Å². The summed E-state index contributed by atoms with van der Waals surface area (Å²) in [6.07, 6.45) is 3.22. The van der Waals surface area contributed by atoms with Crippen LogP contribution in [0.25, 0.3) is 11.0 Å². The fourth-order valence-electron chi connectivity index (χ4n) is 2.68. The van der Waals surface area contributed by atoms with Crippen molar-refractivity contribution in [1.82, 2.24) is 20.1 Å². The Labute approximate surface area is 149 Å². The van der Waals surface area contributed by atoms with Crippen LogP contribution in [0.4, 0.5) is 19.3 Å². The molecule has 1 aromatic carbocycles. The Morgan fingerprint density at radius 2 is 1.92 bits per heavy atom. The van der Waals surface area contributed by atoms with Gasteiger partial charge in [0.15, 0.2) is 5.65 Å². The molecule has 2 aromatic heterocycles. The van der Waals surface area contributed by atoms with E-state index in [4.69, 9.17) is 0 Å². The number of carbonyl (C=O) groups excluding carboxylic acids is 1. The van der Waals surface area contributed by atoms with Crippen molar-refractivity contribution in [3.63, 3.8) is 0 Å². The molecular formula is C18H19F2N5O. The summed E-state index contributed by atoms with van der Waals surface area (Å²) < 4.78 is 28.6. The van der Waals surface area contributed by atoms with Crippen LogP contribution in [0.15, 0.2) is 36.7 Å². The Bertz CT molecular complexity index is 954. The number of rotatable bonds is 4. The number of pyridine rings is 1. The number of anilines is 1. The van der Waals surface area contributed by atoms with Crippen LogP contribution in [0.2, 0.25) is 0 Å². The van der Waals surface area contributed by atoms with Gasteiger partial charge in [0.25, 0.3) is 0 Å². The van der Waals surface area contributed by atoms with E-state index in [1.807, 2.05) is 13.8 Å². The van der Waals surface area contributed by atoms with Crippen molar-refractivity contribution < 1.29 is 13.6 Å². The summed E-state index contributed by atoms with van der Waals surface area (Å²) in [5.41, 5.74) is 1.42. The lowest BCUT2D eigenvalue weighted by molar-refractivity contribution is 0.249. The molecule has 0 aliphatic heterocycles. The molecule has 2 N–H and O–H groups in total. The zero-order valence-electron chi connectivity index (χ0n) is 14.6. The van der Waals surface area contributed by atoms with Crippen molar-refractivity contribution in [2.45, 2.75) is 32.9 Å². The van der Waals surface area contributed by atoms with Gasteiger partial charge in [-0.25, -0.2) is 23.2 Å². The van der Waals surface area contributed by atoms with Gasteiger partial charge in [-0.1, -0.05) is 6.07 Å². The SMILES string of the molecule is CC(NC(=O)Nc1cnc2c(cnn2C(C)C)c1)c1ccc(F)cc1F. The second-order valence-corrected chi connectivity index (χ2v) is 6.31. The molecule has 0 fully saturated rings. The smallest absolute Gasteiger partial charge is 0.319 e. The lowest BCUT2D eigenvalue weighted by atomic mass is 10.1. The first kappa shape index (κ1) is 17.8. The fraction of sp³-hybridized carbons (Fsp3) is 0.278. The van der Waals surface area contributed by atoms with E-state index >= 15 is 0 Å². The van der Waals surface area contributed by atoms with Gasteiger partial charge < -0.3 is 10.6 Å². The van der Waals surface area contributed by atoms with E-state index in [1.54, 1.807) is 23.9 Å². The van der Waals surface area contributed by atoms with E-state index in [0.717, 1.165) is 23.2 Å². The van der Waals surface area contributed by atoms with Crippen molar-refractivity contribution in [2.75, 3.05) is 5.32 Å². The molecule has 3 rings (SSSR count). The number of hydrogen-bond donors (Lipinski definition) is 2. The van der Waals surface area contributed by atoms with E-state index in [9.17, 15) is 13.6 Å². The zero-order chi connectivity index (χ0) is 18.8. The lowest BCUT2D eigenvalue weighted by Crippen LogP contribution is -2.31. The van der Waals surface area contributed by atoms with Gasteiger partial charge in [-0.3, -0.25) is 0 Å². The second-order valence-electron chi connectivity index (χ2n) is 6.31. The summed E-state index contributed by atoms with van der Waals surface area (Å²) in [7, 11) is 0. The van der Waals surface area contributed by atoms with Crippen LogP contribution in [0, 0.1) is 11.6 Å². The van der Waals surface area contributed by atoms with Gasteiger partial charge in [0.05, 0.1) is 24.1 Å². The molecule has 0 spiro atoms. The highest BCUT2D eigenvalue weighted by Crippen LogP contribution is 2.20. The Morgan fingerprint density at radius 3 is 2.62 bits per heavy atom. The molecule has 8 heteroatoms. The van der Waals surface area contributed by atoms with Crippen LogP contribution < -0.4 is 10.6 Å². The van der Waals surface area contributed by atoms with Crippen molar-refractivity contribution in [3.05, 3.63) is 53.9 Å². The highest BCUT2D eigenvalue weighted by Gasteiger charge is 2.15. The molecule has 2 amide bonds. The van der Waals surface area contributed by atoms with E-state index < -0.39 is 23.7 Å². The van der Waals surface area contributed by atoms with Crippen molar-refractivity contribution >= 4 is 22.8 Å². The number of hydrogen-bond acceptors (Lipinski definition) is 3. The number of benzene rings is 1. The predicted octanol–water partition coefficient (Wildman–Crippen LogP) is 4.17. The van der Waals surface area contributed by atoms with Crippen LogP contribution in [-0.4, -0.2) is 20.8 Å². The molecular weight excluding hydrogens is 340 g/mol. The molecule has 26 heavy (non-hydrogen) atoms. The highest BCUT2D eigenvalue weighted by atomic mass is 19.1. The number of halogens is 2. The van der Waals surface area contributed by atoms with Crippen LogP contribution in [-0.2, 0) is 0 Å². The van der Waals surface area contributed by atoms with E-state index in [1.165, 1.54) is 12.3 Å². The maximum atomic E-state index is 13.8. The molecule has 0 saturated heterocycles. The number of nitrogens with zero attached hydrogens (tertiary/aromatic N) is 3. The predicted molar refractivity (Wildman–Crippen MR) is 94.8 cm³/mol. The standard InChI is InChI=1S/C18H19F2N5O/c1-10(2)25-17-12(8-22-25)6-14(9-21-17)24-18(26)23-11(3)15-5-4-13(19)7-16(15)20/h4-11H,1-3H3,(H2,23,24,26). The largest absolute Gasteiger partial charge is 0.331 e. The van der Waals surface area contributed by atoms with Crippen molar-refractivity contribution in [2.24, 2.45) is 0 Å². The van der Waals surface area contributed by atoms with Gasteiger partial charge in [-0.2, -0.15) is 5.10 Å². The number of aromatic nitrogens is 3. The third-order valence-electron chi connectivity index (χ3n) is 3.96. The van der Waals surface area contributed by atoms with E-state index in [2.05, 4.69) is 20.7 Å². The maximum absolute atomic E-state index is 13.8. The van der Waals surface area contributed by atoms with Gasteiger partial charge in [-0.05, 0) is 32.9 Å². The summed E-state index contributed by atoms with van der Waals surface area (Å²) in [4.78, 5) is 16.5. The Balaban J connectivity index is 1.70. The van der Waals surface area contributed by atoms with Crippen molar-refractivity contribution in [1.29, 1.82) is 0 Å². The minimum atomic E-state index is -0.706. The Morgan fingerprint density at radius 1 is 1.15 bits per heavy atom. The molecule has 6 nitrogen and oxygen atoms in total. The van der Waals surface area contributed by atoms with Crippen LogP contribution in [0.5, 0.6) is 0 Å². The van der Waals surface area contributed by atoms with Crippen LogP contribution >= 0.6 is 0 Å². The number of carbonyl (C=O) groups is 1. The third kappa shape index (κ3) is 3.63. The molecule has 0 bridgehead atoms. The third-order valence-corrected chi connectivity index (χ3v) is 3.96. The molecule has 3 aromatic rings. The first-order valence-corrected chi connectivity index (χ1v) is 8.21. The fourth-order valence-corrected chi connectivity index (χ4v) is 2.68. The summed E-state index contributed by atoms with van der Waals surface area (Å²) in [6.45, 7) is 5.62. The number of amides is 2. The van der Waals surface area contributed by atoms with E-state index in [-0.39, 0.29) is 11.6 Å². The van der Waals surface area contributed by atoms with E-state index in [0.29, 0.717) is 5.69 Å². The summed E-state index contributed by atoms with van der Waals surface area (Å²) in [5.74, 6) is -1.37. The molecule has 136 valence electrons. The topological polar surface area (TPSA) is 71.8 Å². The quantitative estimate of drug-likeness (QED) is 0.734. The molecule has 0 saturated carbocycles. The number of urea groups is 1. The highest BCUT2D eigenvalue weighted by molar-refractivity contribution is 5.91. The monoisotopic (exact) mass is 359 g/mol. The summed E-state index contributed by atoms with van der Waals surface area (Å²) in [6, 6.07) is 4.04. The van der Waals surface area contributed by atoms with Crippen LogP contribution in [0.1, 0.15) is 38.4 Å². The molecule has 0 aliphatic carbocycles. The number of fused-ring (bicyclic) bond motifs is 1. The average molecular weight is 359 g/mol. The molecule has 1 unspecified atom stereocenters. The maximum Gasteiger partial charge on any atom is 0.319 e. The summed E-state index contributed by atoms with van der Waals surface area (Å²) >= 11 is 0. The van der Waals surface area contributed by atoms with Gasteiger partial charge >= 0.3 is 6.03 Å². The molecule has 0 aliphatic rings. The van der Waals surface area contributed by atoms with Gasteiger partial charge in [-0.15, -0.1) is 0 Å². The summed E-state index contributed by atoms with van der Waals surface area (Å²) in [5, 5.41) is 10.3.